The lowest BCUT2D eigenvalue weighted by molar-refractivity contribution is -0.116. The molecule has 2 aromatic rings. The van der Waals surface area contributed by atoms with Crippen molar-refractivity contribution in [3.8, 4) is 0 Å². The second kappa shape index (κ2) is 11.6. The molecule has 0 radical (unpaired) electrons. The maximum atomic E-state index is 11.9. The lowest BCUT2D eigenvalue weighted by atomic mass is 9.96. The summed E-state index contributed by atoms with van der Waals surface area (Å²) in [4.78, 5) is 11.9. The van der Waals surface area contributed by atoms with Crippen LogP contribution in [0.1, 0.15) is 55.4 Å². The second-order valence-electron chi connectivity index (χ2n) is 6.88. The van der Waals surface area contributed by atoms with Gasteiger partial charge in [-0.2, -0.15) is 0 Å². The van der Waals surface area contributed by atoms with Crippen molar-refractivity contribution in [1.29, 1.82) is 0 Å². The van der Waals surface area contributed by atoms with Crippen molar-refractivity contribution < 1.29 is 4.79 Å². The number of halogens is 1. The highest BCUT2D eigenvalue weighted by molar-refractivity contribution is 6.30. The van der Waals surface area contributed by atoms with Gasteiger partial charge < -0.3 is 5.32 Å². The minimum atomic E-state index is -0.0603. The first kappa shape index (κ1) is 21.2. The molecule has 0 aliphatic carbocycles. The van der Waals surface area contributed by atoms with E-state index in [9.17, 15) is 4.79 Å². The maximum Gasteiger partial charge on any atom is 0.243 e. The molecule has 2 aromatic carbocycles. The molecule has 0 aromatic heterocycles. The Kier molecular flexibility index (Phi) is 9.13. The Balaban J connectivity index is 1.77. The minimum Gasteiger partial charge on any atom is -0.353 e. The van der Waals surface area contributed by atoms with E-state index >= 15 is 0 Å². The Bertz CT molecular complexity index is 749. The maximum absolute atomic E-state index is 11.9. The molecule has 0 spiro atoms. The summed E-state index contributed by atoms with van der Waals surface area (Å²) in [5.41, 5.74) is 5.31. The summed E-state index contributed by atoms with van der Waals surface area (Å²) in [5.74, 6) is -0.0603. The lowest BCUT2D eigenvalue weighted by Crippen LogP contribution is -2.22. The third-order valence-corrected chi connectivity index (χ3v) is 4.80. The standard InChI is InChI=1S/C24H30ClNO/c1-3-6-21-13-9-20(18-22(21)7-4-2)8-5-17-26-24(27)16-12-19-10-14-23(25)15-11-19/h9-16,18H,3-8,17H2,1-2H3,(H,26,27)/b16-12+. The van der Waals surface area contributed by atoms with Gasteiger partial charge in [0.1, 0.15) is 0 Å². The van der Waals surface area contributed by atoms with Gasteiger partial charge in [0.2, 0.25) is 5.91 Å². The van der Waals surface area contributed by atoms with Crippen molar-refractivity contribution in [1.82, 2.24) is 5.32 Å². The van der Waals surface area contributed by atoms with Gasteiger partial charge in [0.05, 0.1) is 0 Å². The number of carbonyl (C=O) groups excluding carboxylic acids is 1. The van der Waals surface area contributed by atoms with E-state index in [1.165, 1.54) is 29.5 Å². The second-order valence-corrected chi connectivity index (χ2v) is 7.32. The van der Waals surface area contributed by atoms with Crippen LogP contribution in [0.3, 0.4) is 0 Å². The van der Waals surface area contributed by atoms with Crippen LogP contribution >= 0.6 is 11.6 Å². The molecular weight excluding hydrogens is 354 g/mol. The van der Waals surface area contributed by atoms with Gasteiger partial charge in [-0.3, -0.25) is 4.79 Å². The Morgan fingerprint density at radius 2 is 1.67 bits per heavy atom. The topological polar surface area (TPSA) is 29.1 Å². The number of carbonyl (C=O) groups is 1. The van der Waals surface area contributed by atoms with Crippen molar-refractivity contribution in [2.45, 2.75) is 52.4 Å². The third kappa shape index (κ3) is 7.60. The van der Waals surface area contributed by atoms with Crippen LogP contribution in [0.15, 0.2) is 48.5 Å². The molecule has 2 nitrogen and oxygen atoms in total. The van der Waals surface area contributed by atoms with E-state index in [1.54, 1.807) is 12.2 Å². The molecule has 0 bridgehead atoms. The fraction of sp³-hybridized carbons (Fsp3) is 0.375. The number of aryl methyl sites for hydroxylation is 3. The van der Waals surface area contributed by atoms with E-state index in [4.69, 9.17) is 11.6 Å². The van der Waals surface area contributed by atoms with Gasteiger partial charge in [-0.25, -0.2) is 0 Å². The van der Waals surface area contributed by atoms with Crippen LogP contribution in [-0.2, 0) is 24.1 Å². The molecule has 3 heteroatoms. The smallest absolute Gasteiger partial charge is 0.243 e. The fourth-order valence-corrected chi connectivity index (χ4v) is 3.28. The number of hydrogen-bond acceptors (Lipinski definition) is 1. The van der Waals surface area contributed by atoms with Gasteiger partial charge >= 0.3 is 0 Å². The van der Waals surface area contributed by atoms with E-state index in [2.05, 4.69) is 37.4 Å². The molecule has 144 valence electrons. The van der Waals surface area contributed by atoms with Crippen molar-refractivity contribution in [2.24, 2.45) is 0 Å². The SMILES string of the molecule is CCCc1ccc(CCCNC(=O)/C=C/c2ccc(Cl)cc2)cc1CCC. The van der Waals surface area contributed by atoms with E-state index in [-0.39, 0.29) is 5.91 Å². The first-order valence-corrected chi connectivity index (χ1v) is 10.3. The highest BCUT2D eigenvalue weighted by Crippen LogP contribution is 2.17. The minimum absolute atomic E-state index is 0.0603. The van der Waals surface area contributed by atoms with Crippen molar-refractivity contribution >= 4 is 23.6 Å². The molecule has 0 aliphatic heterocycles. The fourth-order valence-electron chi connectivity index (χ4n) is 3.16. The summed E-state index contributed by atoms with van der Waals surface area (Å²) in [7, 11) is 0. The first-order chi connectivity index (χ1) is 13.1. The zero-order chi connectivity index (χ0) is 19.5. The van der Waals surface area contributed by atoms with E-state index in [0.717, 1.165) is 31.2 Å². The summed E-state index contributed by atoms with van der Waals surface area (Å²) in [6.07, 6.45) is 9.98. The van der Waals surface area contributed by atoms with E-state index in [1.807, 2.05) is 24.3 Å². The number of hydrogen-bond donors (Lipinski definition) is 1. The van der Waals surface area contributed by atoms with Crippen LogP contribution in [0.25, 0.3) is 6.08 Å². The lowest BCUT2D eigenvalue weighted by Gasteiger charge is -2.11. The molecule has 0 saturated heterocycles. The molecular formula is C24H30ClNO. The molecule has 0 atom stereocenters. The van der Waals surface area contributed by atoms with Gasteiger partial charge in [-0.15, -0.1) is 0 Å². The molecule has 0 heterocycles. The monoisotopic (exact) mass is 383 g/mol. The van der Waals surface area contributed by atoms with Crippen molar-refractivity contribution in [2.75, 3.05) is 6.54 Å². The summed E-state index contributed by atoms with van der Waals surface area (Å²) in [5, 5.41) is 3.65. The Labute approximate surface area is 168 Å². The summed E-state index contributed by atoms with van der Waals surface area (Å²) in [6, 6.07) is 14.3. The van der Waals surface area contributed by atoms with Crippen molar-refractivity contribution in [3.63, 3.8) is 0 Å². The summed E-state index contributed by atoms with van der Waals surface area (Å²) in [6.45, 7) is 5.15. The highest BCUT2D eigenvalue weighted by atomic mass is 35.5. The van der Waals surface area contributed by atoms with E-state index in [0.29, 0.717) is 11.6 Å². The molecule has 0 unspecified atom stereocenters. The zero-order valence-electron chi connectivity index (χ0n) is 16.4. The van der Waals surface area contributed by atoms with Gasteiger partial charge in [-0.1, -0.05) is 68.6 Å². The zero-order valence-corrected chi connectivity index (χ0v) is 17.2. The van der Waals surface area contributed by atoms with Gasteiger partial charge in [-0.05, 0) is 66.1 Å². The number of rotatable bonds is 10. The average Bonchev–Trinajstić information content (AvgIpc) is 2.67. The van der Waals surface area contributed by atoms with Crippen LogP contribution in [-0.4, -0.2) is 12.5 Å². The van der Waals surface area contributed by atoms with Crippen LogP contribution < -0.4 is 5.32 Å². The normalized spacial score (nSPS) is 11.1. The van der Waals surface area contributed by atoms with Crippen LogP contribution in [0, 0.1) is 0 Å². The summed E-state index contributed by atoms with van der Waals surface area (Å²) >= 11 is 5.86. The molecule has 0 fully saturated rings. The van der Waals surface area contributed by atoms with Gasteiger partial charge in [0.25, 0.3) is 0 Å². The quantitative estimate of drug-likeness (QED) is 0.395. The largest absolute Gasteiger partial charge is 0.353 e. The number of benzene rings is 2. The molecule has 1 N–H and O–H groups in total. The van der Waals surface area contributed by atoms with Crippen LogP contribution in [0.2, 0.25) is 5.02 Å². The Morgan fingerprint density at radius 3 is 2.37 bits per heavy atom. The number of amides is 1. The third-order valence-electron chi connectivity index (χ3n) is 4.55. The van der Waals surface area contributed by atoms with Crippen molar-refractivity contribution in [3.05, 3.63) is 75.8 Å². The molecule has 1 amide bonds. The Morgan fingerprint density at radius 1 is 0.963 bits per heavy atom. The predicted octanol–water partition coefficient (Wildman–Crippen LogP) is 6.01. The molecule has 0 aliphatic rings. The first-order valence-electron chi connectivity index (χ1n) is 9.94. The van der Waals surface area contributed by atoms with Crippen LogP contribution in [0.5, 0.6) is 0 Å². The van der Waals surface area contributed by atoms with Gasteiger partial charge in [0, 0.05) is 17.6 Å². The molecule has 2 rings (SSSR count). The number of nitrogens with one attached hydrogen (secondary N) is 1. The predicted molar refractivity (Wildman–Crippen MR) is 116 cm³/mol. The average molecular weight is 384 g/mol. The molecule has 27 heavy (non-hydrogen) atoms. The molecule has 0 saturated carbocycles. The van der Waals surface area contributed by atoms with E-state index < -0.39 is 0 Å². The van der Waals surface area contributed by atoms with Crippen LogP contribution in [0.4, 0.5) is 0 Å². The summed E-state index contributed by atoms with van der Waals surface area (Å²) < 4.78 is 0. The highest BCUT2D eigenvalue weighted by Gasteiger charge is 2.04. The Hall–Kier alpha value is -2.06. The van der Waals surface area contributed by atoms with Gasteiger partial charge in [0.15, 0.2) is 0 Å².